The molecule has 3 rings (SSSR count). The molecule has 0 aromatic heterocycles. The molecule has 1 aliphatic carbocycles. The van der Waals surface area contributed by atoms with Crippen molar-refractivity contribution in [2.45, 2.75) is 69.1 Å². The number of hydrogen-bond donors (Lipinski definition) is 1. The minimum Gasteiger partial charge on any atom is -0.358 e. The largest absolute Gasteiger partial charge is 0.358 e. The van der Waals surface area contributed by atoms with Gasteiger partial charge >= 0.3 is 0 Å². The van der Waals surface area contributed by atoms with Gasteiger partial charge in [-0.3, -0.25) is 0 Å². The lowest BCUT2D eigenvalue weighted by Crippen LogP contribution is -2.09. The van der Waals surface area contributed by atoms with Gasteiger partial charge < -0.3 is 5.32 Å². The second kappa shape index (κ2) is 8.62. The van der Waals surface area contributed by atoms with Gasteiger partial charge in [-0.05, 0) is 68.4 Å². The van der Waals surface area contributed by atoms with Gasteiger partial charge in [0.2, 0.25) is 0 Å². The quantitative estimate of drug-likeness (QED) is 0.559. The maximum absolute atomic E-state index is 3.73. The highest BCUT2D eigenvalue weighted by Crippen LogP contribution is 2.37. The van der Waals surface area contributed by atoms with Crippen LogP contribution in [0.25, 0.3) is 0 Å². The molecule has 0 aliphatic heterocycles. The summed E-state index contributed by atoms with van der Waals surface area (Å²) >= 11 is 1.87. The molecule has 1 saturated carbocycles. The van der Waals surface area contributed by atoms with Crippen LogP contribution in [-0.2, 0) is 6.42 Å². The summed E-state index contributed by atoms with van der Waals surface area (Å²) in [5.74, 6) is 0. The fourth-order valence-corrected chi connectivity index (χ4v) is 4.26. The molecule has 2 aromatic carbocycles. The van der Waals surface area contributed by atoms with Crippen molar-refractivity contribution < 1.29 is 0 Å². The summed E-state index contributed by atoms with van der Waals surface area (Å²) in [6.07, 6.45) is 7.33. The lowest BCUT2D eigenvalue weighted by molar-refractivity contribution is 0.646. The fourth-order valence-electron chi connectivity index (χ4n) is 3.29. The number of hydrogen-bond acceptors (Lipinski definition) is 2. The molecule has 0 atom stereocenters. The number of anilines is 1. The monoisotopic (exact) mass is 351 g/mol. The van der Waals surface area contributed by atoms with E-state index in [0.29, 0.717) is 0 Å². The lowest BCUT2D eigenvalue weighted by atomic mass is 9.89. The standard InChI is InChI=1S/C23H29NS/c1-4-9-18-14-15-22(17(3)16-18)25-23-13-7-6-12-21(23)24-20(5-2)19-10-8-11-19/h6-7,12-16,24H,4-5,8-11H2,1-3H3. The third-order valence-electron chi connectivity index (χ3n) is 4.91. The van der Waals surface area contributed by atoms with E-state index < -0.39 is 0 Å². The number of aryl methyl sites for hydroxylation is 2. The molecule has 0 unspecified atom stereocenters. The number of para-hydroxylation sites is 1. The molecular formula is C23H29NS. The van der Waals surface area contributed by atoms with Crippen molar-refractivity contribution in [3.8, 4) is 0 Å². The molecule has 1 aliphatic rings. The van der Waals surface area contributed by atoms with E-state index in [1.807, 2.05) is 11.8 Å². The van der Waals surface area contributed by atoms with Crippen molar-refractivity contribution in [1.82, 2.24) is 0 Å². The highest BCUT2D eigenvalue weighted by Gasteiger charge is 2.15. The minimum absolute atomic E-state index is 1.08. The van der Waals surface area contributed by atoms with Crippen LogP contribution in [0.4, 0.5) is 5.69 Å². The predicted octanol–water partition coefficient (Wildman–Crippen LogP) is 7.36. The zero-order valence-corrected chi connectivity index (χ0v) is 16.5. The molecular weight excluding hydrogens is 322 g/mol. The summed E-state index contributed by atoms with van der Waals surface area (Å²) in [5, 5.41) is 3.73. The third-order valence-corrected chi connectivity index (χ3v) is 6.16. The van der Waals surface area contributed by atoms with Crippen molar-refractivity contribution in [3.63, 3.8) is 0 Å². The molecule has 1 fully saturated rings. The van der Waals surface area contributed by atoms with E-state index in [4.69, 9.17) is 0 Å². The average Bonchev–Trinajstić information content (AvgIpc) is 2.57. The van der Waals surface area contributed by atoms with Gasteiger partial charge in [-0.2, -0.15) is 0 Å². The fraction of sp³-hybridized carbons (Fsp3) is 0.391. The van der Waals surface area contributed by atoms with Crippen molar-refractivity contribution in [2.24, 2.45) is 0 Å². The second-order valence-corrected chi connectivity index (χ2v) is 7.95. The zero-order valence-electron chi connectivity index (χ0n) is 15.7. The van der Waals surface area contributed by atoms with Crippen LogP contribution in [-0.4, -0.2) is 0 Å². The van der Waals surface area contributed by atoms with Crippen LogP contribution in [0.15, 0.2) is 63.5 Å². The van der Waals surface area contributed by atoms with Gasteiger partial charge in [0, 0.05) is 15.5 Å². The predicted molar refractivity (Wildman–Crippen MR) is 111 cm³/mol. The molecule has 132 valence electrons. The molecule has 0 heterocycles. The van der Waals surface area contributed by atoms with Crippen molar-refractivity contribution in [2.75, 3.05) is 5.32 Å². The number of nitrogens with one attached hydrogen (secondary N) is 1. The van der Waals surface area contributed by atoms with Crippen LogP contribution >= 0.6 is 11.8 Å². The first kappa shape index (κ1) is 18.1. The van der Waals surface area contributed by atoms with E-state index >= 15 is 0 Å². The van der Waals surface area contributed by atoms with Crippen LogP contribution in [0, 0.1) is 6.92 Å². The number of benzene rings is 2. The zero-order chi connectivity index (χ0) is 17.6. The molecule has 2 aromatic rings. The van der Waals surface area contributed by atoms with Crippen molar-refractivity contribution in [1.29, 1.82) is 0 Å². The highest BCUT2D eigenvalue weighted by atomic mass is 32.2. The normalized spacial score (nSPS) is 13.5. The van der Waals surface area contributed by atoms with Gasteiger partial charge in [0.05, 0.1) is 5.69 Å². The van der Waals surface area contributed by atoms with E-state index in [1.165, 1.54) is 58.0 Å². The van der Waals surface area contributed by atoms with Gasteiger partial charge in [0.15, 0.2) is 0 Å². The van der Waals surface area contributed by atoms with Crippen LogP contribution in [0.5, 0.6) is 0 Å². The maximum Gasteiger partial charge on any atom is 0.0523 e. The summed E-state index contributed by atoms with van der Waals surface area (Å²) in [7, 11) is 0. The van der Waals surface area contributed by atoms with Gasteiger partial charge in [0.1, 0.15) is 0 Å². The van der Waals surface area contributed by atoms with Crippen LogP contribution in [0.2, 0.25) is 0 Å². The minimum atomic E-state index is 1.08. The second-order valence-electron chi connectivity index (χ2n) is 6.86. The Morgan fingerprint density at radius 2 is 1.84 bits per heavy atom. The smallest absolute Gasteiger partial charge is 0.0523 e. The van der Waals surface area contributed by atoms with Gasteiger partial charge in [0.25, 0.3) is 0 Å². The van der Waals surface area contributed by atoms with Gasteiger partial charge in [-0.25, -0.2) is 0 Å². The Morgan fingerprint density at radius 1 is 1.04 bits per heavy atom. The van der Waals surface area contributed by atoms with E-state index in [2.05, 4.69) is 68.6 Å². The number of rotatable bonds is 7. The molecule has 0 amide bonds. The third kappa shape index (κ3) is 4.49. The first-order valence-corrected chi connectivity index (χ1v) is 10.4. The van der Waals surface area contributed by atoms with Crippen LogP contribution in [0.1, 0.15) is 57.1 Å². The van der Waals surface area contributed by atoms with E-state index in [9.17, 15) is 0 Å². The summed E-state index contributed by atoms with van der Waals surface area (Å²) in [6.45, 7) is 6.72. The van der Waals surface area contributed by atoms with Gasteiger partial charge in [-0.15, -0.1) is 0 Å². The van der Waals surface area contributed by atoms with E-state index in [-0.39, 0.29) is 0 Å². The summed E-state index contributed by atoms with van der Waals surface area (Å²) in [4.78, 5) is 2.66. The Balaban J connectivity index is 1.81. The summed E-state index contributed by atoms with van der Waals surface area (Å²) in [5.41, 5.74) is 7.09. The molecule has 0 spiro atoms. The summed E-state index contributed by atoms with van der Waals surface area (Å²) in [6, 6.07) is 15.6. The molecule has 0 saturated heterocycles. The van der Waals surface area contributed by atoms with Gasteiger partial charge in [-0.1, -0.05) is 61.9 Å². The Morgan fingerprint density at radius 3 is 2.48 bits per heavy atom. The molecule has 1 N–H and O–H groups in total. The molecule has 0 radical (unpaired) electrons. The topological polar surface area (TPSA) is 12.0 Å². The molecule has 1 nitrogen and oxygen atoms in total. The van der Waals surface area contributed by atoms with E-state index in [0.717, 1.165) is 12.8 Å². The first-order valence-electron chi connectivity index (χ1n) is 9.55. The molecule has 2 heteroatoms. The molecule has 0 bridgehead atoms. The Bertz CT molecular complexity index is 754. The average molecular weight is 352 g/mol. The number of allylic oxidation sites excluding steroid dienone is 2. The first-order chi connectivity index (χ1) is 12.2. The Labute approximate surface area is 156 Å². The van der Waals surface area contributed by atoms with Crippen LogP contribution < -0.4 is 5.32 Å². The SMILES string of the molecule is CCCc1ccc(Sc2ccccc2NC(CC)=C2CCC2)c(C)c1. The Kier molecular flexibility index (Phi) is 6.25. The Hall–Kier alpha value is -1.67. The van der Waals surface area contributed by atoms with Crippen molar-refractivity contribution in [3.05, 3.63) is 64.9 Å². The van der Waals surface area contributed by atoms with E-state index in [1.54, 1.807) is 5.57 Å². The maximum atomic E-state index is 3.73. The van der Waals surface area contributed by atoms with Crippen LogP contribution in [0.3, 0.4) is 0 Å². The van der Waals surface area contributed by atoms with Crippen molar-refractivity contribution >= 4 is 17.4 Å². The molecule has 25 heavy (non-hydrogen) atoms. The summed E-state index contributed by atoms with van der Waals surface area (Å²) < 4.78 is 0. The highest BCUT2D eigenvalue weighted by molar-refractivity contribution is 7.99. The lowest BCUT2D eigenvalue weighted by Gasteiger charge is -2.23.